The molecule has 5 nitrogen and oxygen atoms in total. The molecule has 0 fully saturated rings. The van der Waals surface area contributed by atoms with Crippen LogP contribution < -0.4 is 10.0 Å². The molecule has 0 radical (unpaired) electrons. The standard InChI is InChI=1S/C21H20ClN3O2S/c22-18-5-3-15(4-6-18)19(24-10-7-20-16(13-24)8-11-28-20)12-23-21(26)17-2-1-9-25(27)14-17/h1-6,8-9,11,14,19H,7,10,12-13H2,(H,23,26). The summed E-state index contributed by atoms with van der Waals surface area (Å²) >= 11 is 7.87. The maximum Gasteiger partial charge on any atom is 0.257 e. The summed E-state index contributed by atoms with van der Waals surface area (Å²) in [5.41, 5.74) is 2.82. The number of benzene rings is 1. The molecule has 0 saturated heterocycles. The zero-order valence-electron chi connectivity index (χ0n) is 15.2. The third-order valence-corrected chi connectivity index (χ3v) is 6.30. The lowest BCUT2D eigenvalue weighted by molar-refractivity contribution is -0.605. The Bertz CT molecular complexity index is 974. The van der Waals surface area contributed by atoms with Crippen molar-refractivity contribution in [2.24, 2.45) is 0 Å². The number of aromatic nitrogens is 1. The van der Waals surface area contributed by atoms with E-state index in [-0.39, 0.29) is 11.9 Å². The molecule has 1 atom stereocenters. The van der Waals surface area contributed by atoms with E-state index in [1.807, 2.05) is 35.6 Å². The van der Waals surface area contributed by atoms with E-state index < -0.39 is 0 Å². The van der Waals surface area contributed by atoms with Crippen molar-refractivity contribution < 1.29 is 9.52 Å². The van der Waals surface area contributed by atoms with Gasteiger partial charge in [0.15, 0.2) is 12.4 Å². The molecule has 3 aromatic rings. The molecule has 0 spiro atoms. The lowest BCUT2D eigenvalue weighted by Gasteiger charge is -2.35. The SMILES string of the molecule is O=C(NCC(c1ccc(Cl)cc1)N1CCc2sccc2C1)c1ccc[n+]([O-])c1. The van der Waals surface area contributed by atoms with Crippen LogP contribution in [0.3, 0.4) is 0 Å². The number of carbonyl (C=O) groups is 1. The Morgan fingerprint density at radius 2 is 2.11 bits per heavy atom. The zero-order chi connectivity index (χ0) is 19.5. The van der Waals surface area contributed by atoms with Crippen LogP contribution in [0, 0.1) is 5.21 Å². The van der Waals surface area contributed by atoms with Crippen LogP contribution in [-0.4, -0.2) is 23.9 Å². The van der Waals surface area contributed by atoms with Gasteiger partial charge in [-0.2, -0.15) is 4.73 Å². The van der Waals surface area contributed by atoms with E-state index in [2.05, 4.69) is 21.7 Å². The molecule has 1 amide bonds. The second kappa shape index (κ2) is 8.31. The predicted molar refractivity (Wildman–Crippen MR) is 110 cm³/mol. The summed E-state index contributed by atoms with van der Waals surface area (Å²) in [4.78, 5) is 16.4. The Kier molecular flexibility index (Phi) is 5.62. The molecule has 1 aliphatic heterocycles. The molecule has 0 bridgehead atoms. The van der Waals surface area contributed by atoms with E-state index in [0.29, 0.717) is 21.9 Å². The third-order valence-electron chi connectivity index (χ3n) is 5.03. The minimum Gasteiger partial charge on any atom is -0.619 e. The van der Waals surface area contributed by atoms with Crippen molar-refractivity contribution in [1.82, 2.24) is 10.2 Å². The second-order valence-corrected chi connectivity index (χ2v) is 8.26. The molecule has 0 aliphatic carbocycles. The largest absolute Gasteiger partial charge is 0.619 e. The fraction of sp³-hybridized carbons (Fsp3) is 0.238. The number of pyridine rings is 1. The van der Waals surface area contributed by atoms with Crippen LogP contribution >= 0.6 is 22.9 Å². The molecule has 7 heteroatoms. The highest BCUT2D eigenvalue weighted by atomic mass is 35.5. The molecule has 1 unspecified atom stereocenters. The molecule has 1 aromatic carbocycles. The number of hydrogen-bond donors (Lipinski definition) is 1. The van der Waals surface area contributed by atoms with E-state index in [1.165, 1.54) is 22.8 Å². The van der Waals surface area contributed by atoms with Gasteiger partial charge in [-0.05, 0) is 47.2 Å². The summed E-state index contributed by atoms with van der Waals surface area (Å²) in [5.74, 6) is -0.252. The number of rotatable bonds is 5. The van der Waals surface area contributed by atoms with Crippen LogP contribution in [0.4, 0.5) is 0 Å². The van der Waals surface area contributed by atoms with Gasteiger partial charge in [0, 0.05) is 35.6 Å². The molecular weight excluding hydrogens is 394 g/mol. The fourth-order valence-electron chi connectivity index (χ4n) is 3.56. The summed E-state index contributed by atoms with van der Waals surface area (Å²) in [6.07, 6.45) is 3.66. The van der Waals surface area contributed by atoms with Gasteiger partial charge in [-0.15, -0.1) is 11.3 Å². The zero-order valence-corrected chi connectivity index (χ0v) is 16.7. The first-order chi connectivity index (χ1) is 13.6. The van der Waals surface area contributed by atoms with Gasteiger partial charge in [-0.3, -0.25) is 9.69 Å². The molecular formula is C21H20ClN3O2S. The minimum atomic E-state index is -0.252. The number of thiophene rings is 1. The van der Waals surface area contributed by atoms with Gasteiger partial charge in [0.2, 0.25) is 0 Å². The summed E-state index contributed by atoms with van der Waals surface area (Å²) in [7, 11) is 0. The first-order valence-corrected chi connectivity index (χ1v) is 10.4. The summed E-state index contributed by atoms with van der Waals surface area (Å²) < 4.78 is 0.633. The average Bonchev–Trinajstić information content (AvgIpc) is 3.17. The van der Waals surface area contributed by atoms with Gasteiger partial charge in [0.1, 0.15) is 5.56 Å². The van der Waals surface area contributed by atoms with E-state index in [0.717, 1.165) is 25.1 Å². The number of nitrogens with zero attached hydrogens (tertiary/aromatic N) is 2. The topological polar surface area (TPSA) is 59.3 Å². The van der Waals surface area contributed by atoms with Crippen LogP contribution in [0.15, 0.2) is 60.2 Å². The van der Waals surface area contributed by atoms with Crippen LogP contribution in [0.25, 0.3) is 0 Å². The number of halogens is 1. The van der Waals surface area contributed by atoms with E-state index in [4.69, 9.17) is 11.6 Å². The molecule has 2 aromatic heterocycles. The summed E-state index contributed by atoms with van der Waals surface area (Å²) in [6.45, 7) is 2.24. The number of carbonyl (C=O) groups excluding carboxylic acids is 1. The lowest BCUT2D eigenvalue weighted by Crippen LogP contribution is -2.40. The quantitative estimate of drug-likeness (QED) is 0.514. The van der Waals surface area contributed by atoms with Crippen LogP contribution in [-0.2, 0) is 13.0 Å². The number of hydrogen-bond acceptors (Lipinski definition) is 4. The van der Waals surface area contributed by atoms with Crippen LogP contribution in [0.2, 0.25) is 5.02 Å². The fourth-order valence-corrected chi connectivity index (χ4v) is 4.58. The maximum atomic E-state index is 12.5. The van der Waals surface area contributed by atoms with Gasteiger partial charge in [-0.25, -0.2) is 0 Å². The molecule has 144 valence electrons. The van der Waals surface area contributed by atoms with Crippen molar-refractivity contribution in [2.75, 3.05) is 13.1 Å². The highest BCUT2D eigenvalue weighted by molar-refractivity contribution is 7.10. The van der Waals surface area contributed by atoms with E-state index in [9.17, 15) is 10.0 Å². The summed E-state index contributed by atoms with van der Waals surface area (Å²) in [5, 5.41) is 17.3. The molecule has 1 N–H and O–H groups in total. The lowest BCUT2D eigenvalue weighted by atomic mass is 10.0. The first-order valence-electron chi connectivity index (χ1n) is 9.12. The van der Waals surface area contributed by atoms with Crippen LogP contribution in [0.5, 0.6) is 0 Å². The second-order valence-electron chi connectivity index (χ2n) is 6.82. The van der Waals surface area contributed by atoms with Gasteiger partial charge in [0.25, 0.3) is 5.91 Å². The molecule has 28 heavy (non-hydrogen) atoms. The van der Waals surface area contributed by atoms with E-state index in [1.54, 1.807) is 12.1 Å². The van der Waals surface area contributed by atoms with Crippen molar-refractivity contribution in [3.05, 3.63) is 92.0 Å². The van der Waals surface area contributed by atoms with Crippen molar-refractivity contribution in [2.45, 2.75) is 19.0 Å². The van der Waals surface area contributed by atoms with Crippen molar-refractivity contribution in [3.8, 4) is 0 Å². The van der Waals surface area contributed by atoms with Crippen molar-refractivity contribution in [3.63, 3.8) is 0 Å². The predicted octanol–water partition coefficient (Wildman–Crippen LogP) is 3.56. The maximum absolute atomic E-state index is 12.5. The molecule has 1 aliphatic rings. The highest BCUT2D eigenvalue weighted by Crippen LogP contribution is 2.30. The smallest absolute Gasteiger partial charge is 0.257 e. The Labute approximate surface area is 172 Å². The normalized spacial score (nSPS) is 15.0. The average molecular weight is 414 g/mol. The third kappa shape index (κ3) is 4.19. The monoisotopic (exact) mass is 413 g/mol. The first kappa shape index (κ1) is 18.9. The molecule has 3 heterocycles. The van der Waals surface area contributed by atoms with Crippen molar-refractivity contribution in [1.29, 1.82) is 0 Å². The van der Waals surface area contributed by atoms with E-state index >= 15 is 0 Å². The molecule has 4 rings (SSSR count). The van der Waals surface area contributed by atoms with Crippen LogP contribution in [0.1, 0.15) is 32.4 Å². The van der Waals surface area contributed by atoms with Gasteiger partial charge < -0.3 is 10.5 Å². The Balaban J connectivity index is 1.53. The highest BCUT2D eigenvalue weighted by Gasteiger charge is 2.26. The molecule has 0 saturated carbocycles. The van der Waals surface area contributed by atoms with Crippen molar-refractivity contribution >= 4 is 28.8 Å². The number of nitrogens with one attached hydrogen (secondary N) is 1. The Hall–Kier alpha value is -2.41. The Morgan fingerprint density at radius 3 is 2.89 bits per heavy atom. The number of amides is 1. The minimum absolute atomic E-state index is 0.0253. The number of fused-ring (bicyclic) bond motifs is 1. The van der Waals surface area contributed by atoms with Gasteiger partial charge >= 0.3 is 0 Å². The summed E-state index contributed by atoms with van der Waals surface area (Å²) in [6, 6.07) is 13.2. The van der Waals surface area contributed by atoms with Gasteiger partial charge in [0.05, 0.1) is 6.04 Å². The van der Waals surface area contributed by atoms with Gasteiger partial charge in [-0.1, -0.05) is 23.7 Å². The Morgan fingerprint density at radius 1 is 1.29 bits per heavy atom.